The summed E-state index contributed by atoms with van der Waals surface area (Å²) in [5.41, 5.74) is 1.57. The number of aromatic hydroxyl groups is 1. The molecule has 0 spiro atoms. The first kappa shape index (κ1) is 14.0. The van der Waals surface area contributed by atoms with Crippen LogP contribution in [0.2, 0.25) is 0 Å². The van der Waals surface area contributed by atoms with E-state index in [0.717, 1.165) is 25.2 Å². The summed E-state index contributed by atoms with van der Waals surface area (Å²) in [4.78, 5) is 8.95. The van der Waals surface area contributed by atoms with E-state index < -0.39 is 0 Å². The molecule has 1 atom stereocenters. The van der Waals surface area contributed by atoms with E-state index in [1.165, 1.54) is 0 Å². The Morgan fingerprint density at radius 2 is 2.10 bits per heavy atom. The monoisotopic (exact) mass is 288 g/mol. The summed E-state index contributed by atoms with van der Waals surface area (Å²) < 4.78 is 5.34. The van der Waals surface area contributed by atoms with Gasteiger partial charge in [0.1, 0.15) is 5.75 Å². The number of nitrogens with zero attached hydrogens (tertiary/aromatic N) is 4. The van der Waals surface area contributed by atoms with Crippen LogP contribution in [0.5, 0.6) is 5.75 Å². The smallest absolute Gasteiger partial charge is 0.261 e. The highest BCUT2D eigenvalue weighted by molar-refractivity contribution is 5.62. The molecule has 1 saturated heterocycles. The minimum Gasteiger partial charge on any atom is -0.507 e. The fourth-order valence-corrected chi connectivity index (χ4v) is 2.59. The molecule has 0 bridgehead atoms. The second-order valence-electron chi connectivity index (χ2n) is 5.74. The molecule has 1 unspecified atom stereocenters. The maximum absolute atomic E-state index is 10.0. The number of piperazine rings is 1. The molecule has 0 saturated carbocycles. The van der Waals surface area contributed by atoms with Gasteiger partial charge in [-0.2, -0.15) is 4.98 Å². The number of hydrogen-bond donors (Lipinski definition) is 1. The largest absolute Gasteiger partial charge is 0.507 e. The summed E-state index contributed by atoms with van der Waals surface area (Å²) >= 11 is 0. The van der Waals surface area contributed by atoms with E-state index in [9.17, 15) is 5.11 Å². The SMILES string of the molecule is Cc1ccc(-c2nc(C3CN(C)CCN3C)no2)c(O)c1. The van der Waals surface area contributed by atoms with E-state index in [4.69, 9.17) is 4.52 Å². The lowest BCUT2D eigenvalue weighted by molar-refractivity contribution is 0.108. The van der Waals surface area contributed by atoms with Gasteiger partial charge in [-0.05, 0) is 38.7 Å². The van der Waals surface area contributed by atoms with Crippen LogP contribution >= 0.6 is 0 Å². The van der Waals surface area contributed by atoms with Crippen LogP contribution in [0.25, 0.3) is 11.5 Å². The summed E-state index contributed by atoms with van der Waals surface area (Å²) in [5, 5.41) is 14.1. The summed E-state index contributed by atoms with van der Waals surface area (Å²) in [6.45, 7) is 4.81. The van der Waals surface area contributed by atoms with Crippen molar-refractivity contribution < 1.29 is 9.63 Å². The van der Waals surface area contributed by atoms with Gasteiger partial charge in [0, 0.05) is 19.6 Å². The van der Waals surface area contributed by atoms with Crippen molar-refractivity contribution in [3.63, 3.8) is 0 Å². The predicted octanol–water partition coefficient (Wildman–Crippen LogP) is 1.67. The fraction of sp³-hybridized carbons (Fsp3) is 0.467. The van der Waals surface area contributed by atoms with Gasteiger partial charge in [0.2, 0.25) is 0 Å². The Kier molecular flexibility index (Phi) is 3.65. The molecule has 1 aromatic heterocycles. The molecule has 6 heteroatoms. The van der Waals surface area contributed by atoms with E-state index in [1.54, 1.807) is 12.1 Å². The van der Waals surface area contributed by atoms with Crippen molar-refractivity contribution >= 4 is 0 Å². The summed E-state index contributed by atoms with van der Waals surface area (Å²) in [6, 6.07) is 5.53. The van der Waals surface area contributed by atoms with Gasteiger partial charge < -0.3 is 14.5 Å². The first-order chi connectivity index (χ1) is 10.0. The predicted molar refractivity (Wildman–Crippen MR) is 79.0 cm³/mol. The number of aromatic nitrogens is 2. The van der Waals surface area contributed by atoms with Crippen LogP contribution in [-0.4, -0.2) is 58.8 Å². The second kappa shape index (κ2) is 5.46. The molecule has 0 radical (unpaired) electrons. The highest BCUT2D eigenvalue weighted by Gasteiger charge is 2.28. The van der Waals surface area contributed by atoms with Gasteiger partial charge >= 0.3 is 0 Å². The summed E-state index contributed by atoms with van der Waals surface area (Å²) in [6.07, 6.45) is 0. The average molecular weight is 288 g/mol. The lowest BCUT2D eigenvalue weighted by atomic mass is 10.1. The van der Waals surface area contributed by atoms with E-state index in [1.807, 2.05) is 13.0 Å². The van der Waals surface area contributed by atoms with E-state index in [2.05, 4.69) is 34.0 Å². The molecule has 1 aromatic carbocycles. The summed E-state index contributed by atoms with van der Waals surface area (Å²) in [5.74, 6) is 1.20. The minimum atomic E-state index is 0.119. The molecule has 3 rings (SSSR count). The Labute approximate surface area is 124 Å². The zero-order valence-corrected chi connectivity index (χ0v) is 12.6. The zero-order chi connectivity index (χ0) is 15.0. The zero-order valence-electron chi connectivity index (χ0n) is 12.6. The van der Waals surface area contributed by atoms with E-state index >= 15 is 0 Å². The normalized spacial score (nSPS) is 20.8. The molecule has 0 aliphatic carbocycles. The number of aryl methyl sites for hydroxylation is 1. The Balaban J connectivity index is 1.89. The molecule has 1 fully saturated rings. The third-order valence-electron chi connectivity index (χ3n) is 3.97. The van der Waals surface area contributed by atoms with E-state index in [0.29, 0.717) is 17.3 Å². The summed E-state index contributed by atoms with van der Waals surface area (Å²) in [7, 11) is 4.16. The average Bonchev–Trinajstić information content (AvgIpc) is 2.91. The topological polar surface area (TPSA) is 65.6 Å². The third-order valence-corrected chi connectivity index (χ3v) is 3.97. The van der Waals surface area contributed by atoms with Gasteiger partial charge in [-0.15, -0.1) is 0 Å². The van der Waals surface area contributed by atoms with Crippen LogP contribution in [0.15, 0.2) is 22.7 Å². The second-order valence-corrected chi connectivity index (χ2v) is 5.74. The van der Waals surface area contributed by atoms with Gasteiger partial charge in [0.05, 0.1) is 11.6 Å². The van der Waals surface area contributed by atoms with Crippen LogP contribution in [0.4, 0.5) is 0 Å². The van der Waals surface area contributed by atoms with Crippen LogP contribution < -0.4 is 0 Å². The maximum Gasteiger partial charge on any atom is 0.261 e. The van der Waals surface area contributed by atoms with Crippen molar-refractivity contribution in [1.82, 2.24) is 19.9 Å². The van der Waals surface area contributed by atoms with Crippen molar-refractivity contribution in [3.8, 4) is 17.2 Å². The molecular formula is C15H20N4O2. The minimum absolute atomic E-state index is 0.119. The lowest BCUT2D eigenvalue weighted by Gasteiger charge is -2.35. The van der Waals surface area contributed by atoms with Crippen LogP contribution in [0, 0.1) is 6.92 Å². The van der Waals surface area contributed by atoms with Gasteiger partial charge in [0.25, 0.3) is 5.89 Å². The molecule has 1 aliphatic rings. The Hall–Kier alpha value is -1.92. The Morgan fingerprint density at radius 3 is 2.86 bits per heavy atom. The molecule has 112 valence electrons. The van der Waals surface area contributed by atoms with Crippen molar-refractivity contribution in [2.75, 3.05) is 33.7 Å². The van der Waals surface area contributed by atoms with Crippen LogP contribution in [-0.2, 0) is 0 Å². The van der Waals surface area contributed by atoms with Gasteiger partial charge in [0.15, 0.2) is 5.82 Å². The number of likely N-dealkylation sites (N-methyl/N-ethyl adjacent to an activating group) is 2. The molecule has 1 N–H and O–H groups in total. The molecule has 1 aliphatic heterocycles. The first-order valence-corrected chi connectivity index (χ1v) is 7.07. The first-order valence-electron chi connectivity index (χ1n) is 7.07. The molecule has 2 aromatic rings. The molecule has 21 heavy (non-hydrogen) atoms. The van der Waals surface area contributed by atoms with Crippen molar-refractivity contribution in [1.29, 1.82) is 0 Å². The van der Waals surface area contributed by atoms with Crippen LogP contribution in [0.1, 0.15) is 17.4 Å². The maximum atomic E-state index is 10.0. The lowest BCUT2D eigenvalue weighted by Crippen LogP contribution is -2.45. The highest BCUT2D eigenvalue weighted by Crippen LogP contribution is 2.30. The molecule has 6 nitrogen and oxygen atoms in total. The molecule has 0 amide bonds. The fourth-order valence-electron chi connectivity index (χ4n) is 2.59. The third kappa shape index (κ3) is 2.77. The Bertz CT molecular complexity index is 640. The van der Waals surface area contributed by atoms with Crippen molar-refractivity contribution in [2.24, 2.45) is 0 Å². The highest BCUT2D eigenvalue weighted by atomic mass is 16.5. The quantitative estimate of drug-likeness (QED) is 0.907. The van der Waals surface area contributed by atoms with Crippen molar-refractivity contribution in [3.05, 3.63) is 29.6 Å². The number of hydrogen-bond acceptors (Lipinski definition) is 6. The standard InChI is InChI=1S/C15H20N4O2/c1-10-4-5-11(13(20)8-10)15-16-14(17-21-15)12-9-18(2)6-7-19(12)3/h4-5,8,12,20H,6-7,9H2,1-3H3. The Morgan fingerprint density at radius 1 is 1.29 bits per heavy atom. The van der Waals surface area contributed by atoms with E-state index in [-0.39, 0.29) is 11.8 Å². The molecule has 2 heterocycles. The molecular weight excluding hydrogens is 268 g/mol. The number of rotatable bonds is 2. The van der Waals surface area contributed by atoms with Gasteiger partial charge in [-0.3, -0.25) is 4.90 Å². The van der Waals surface area contributed by atoms with Gasteiger partial charge in [-0.1, -0.05) is 11.2 Å². The number of benzene rings is 1. The van der Waals surface area contributed by atoms with Crippen LogP contribution in [0.3, 0.4) is 0 Å². The van der Waals surface area contributed by atoms with Gasteiger partial charge in [-0.25, -0.2) is 0 Å². The number of phenolic OH excluding ortho intramolecular Hbond substituents is 1. The van der Waals surface area contributed by atoms with Crippen molar-refractivity contribution in [2.45, 2.75) is 13.0 Å². The number of phenols is 1.